The van der Waals surface area contributed by atoms with Crippen molar-refractivity contribution in [1.29, 1.82) is 0 Å². The van der Waals surface area contributed by atoms with E-state index >= 15 is 0 Å². The third-order valence-electron chi connectivity index (χ3n) is 6.66. The summed E-state index contributed by atoms with van der Waals surface area (Å²) in [4.78, 5) is 21.4. The molecule has 0 amide bonds. The molecule has 0 spiro atoms. The number of carbonyl (C=O) groups excluding carboxylic acids is 1. The van der Waals surface area contributed by atoms with Gasteiger partial charge >= 0.3 is 11.9 Å². The summed E-state index contributed by atoms with van der Waals surface area (Å²) in [5.74, 6) is -0.857. The highest BCUT2D eigenvalue weighted by Crippen LogP contribution is 2.14. The van der Waals surface area contributed by atoms with Crippen LogP contribution >= 0.6 is 0 Å². The maximum absolute atomic E-state index is 11.0. The largest absolute Gasteiger partial charge is 0.481 e. The number of esters is 1. The lowest BCUT2D eigenvalue weighted by atomic mass is 10.1. The summed E-state index contributed by atoms with van der Waals surface area (Å²) in [6, 6.07) is 0. The molecule has 0 rings (SSSR count). The lowest BCUT2D eigenvalue weighted by molar-refractivity contribution is -0.140. The van der Waals surface area contributed by atoms with E-state index in [1.807, 2.05) is 6.08 Å². The van der Waals surface area contributed by atoms with E-state index in [1.54, 1.807) is 0 Å². The number of carboxylic acid groups (broad SMARTS) is 1. The van der Waals surface area contributed by atoms with Crippen LogP contribution in [0.4, 0.5) is 0 Å². The van der Waals surface area contributed by atoms with Gasteiger partial charge in [-0.15, -0.1) is 0 Å². The van der Waals surface area contributed by atoms with E-state index in [1.165, 1.54) is 40.5 Å². The zero-order valence-corrected chi connectivity index (χ0v) is 27.3. The normalized spacial score (nSPS) is 13.0. The Kier molecular flexibility index (Phi) is 26.3. The molecule has 40 heavy (non-hydrogen) atoms. The molecule has 0 atom stereocenters. The Morgan fingerprint density at radius 2 is 0.850 bits per heavy atom. The minimum atomic E-state index is -0.722. The van der Waals surface area contributed by atoms with Crippen molar-refractivity contribution >= 4 is 11.9 Å². The number of hydrogen-bond donors (Lipinski definition) is 1. The summed E-state index contributed by atoms with van der Waals surface area (Å²) in [6.07, 6.45) is 25.5. The molecule has 0 radical (unpaired) electrons. The zero-order chi connectivity index (χ0) is 30.8. The molecule has 0 aliphatic carbocycles. The van der Waals surface area contributed by atoms with Gasteiger partial charge in [0, 0.05) is 12.8 Å². The molecule has 0 fully saturated rings. The number of methoxy groups -OCH3 is 1. The third kappa shape index (κ3) is 29.9. The summed E-state index contributed by atoms with van der Waals surface area (Å²) in [5.41, 5.74) is 8.41. The second kappa shape index (κ2) is 26.6. The summed E-state index contributed by atoms with van der Waals surface area (Å²) in [6.45, 7) is 17.3. The molecule has 0 aliphatic heterocycles. The molecule has 0 heterocycles. The molecule has 0 aromatic carbocycles. The molecule has 4 heteroatoms. The Morgan fingerprint density at radius 3 is 1.18 bits per heavy atom. The molecule has 0 saturated heterocycles. The van der Waals surface area contributed by atoms with Crippen LogP contribution in [0.2, 0.25) is 0 Å². The fourth-order valence-electron chi connectivity index (χ4n) is 3.76. The van der Waals surface area contributed by atoms with E-state index < -0.39 is 5.97 Å². The van der Waals surface area contributed by atoms with Crippen LogP contribution in [0.5, 0.6) is 0 Å². The zero-order valence-electron chi connectivity index (χ0n) is 27.3. The standard InChI is InChI=1S/2C18H30O2/c1-15(2)9-6-10-16(3)11-7-12-17(4)13-8-14-18(19)20-5;1-5-15(2)9-6-10-16(3)11-7-12-17(4)13-8-14-18(19)20/h9,11,13H,6-8,10,12,14H2,1-5H3;9,11,13H,5-8,10,12,14H2,1-4H3,(H,19,20). The van der Waals surface area contributed by atoms with Crippen molar-refractivity contribution in [3.63, 3.8) is 0 Å². The van der Waals surface area contributed by atoms with E-state index in [0.717, 1.165) is 64.2 Å². The molecule has 228 valence electrons. The lowest BCUT2D eigenvalue weighted by Gasteiger charge is -2.01. The van der Waals surface area contributed by atoms with Crippen molar-refractivity contribution in [2.24, 2.45) is 0 Å². The van der Waals surface area contributed by atoms with E-state index in [2.05, 4.69) is 90.5 Å². The molecule has 0 aromatic heterocycles. The van der Waals surface area contributed by atoms with Gasteiger partial charge in [-0.2, -0.15) is 0 Å². The number of ether oxygens (including phenoxy) is 1. The summed E-state index contributed by atoms with van der Waals surface area (Å²) in [7, 11) is 1.43. The average molecular weight is 557 g/mol. The van der Waals surface area contributed by atoms with Crippen molar-refractivity contribution in [3.05, 3.63) is 69.9 Å². The Labute approximate surface area is 247 Å². The number of allylic oxidation sites excluding steroid dienone is 12. The minimum Gasteiger partial charge on any atom is -0.481 e. The topological polar surface area (TPSA) is 63.6 Å². The van der Waals surface area contributed by atoms with Gasteiger partial charge in [0.25, 0.3) is 0 Å². The van der Waals surface area contributed by atoms with E-state index in [9.17, 15) is 9.59 Å². The maximum Gasteiger partial charge on any atom is 0.305 e. The van der Waals surface area contributed by atoms with Crippen molar-refractivity contribution in [3.8, 4) is 0 Å². The fraction of sp³-hybridized carbons (Fsp3) is 0.611. The van der Waals surface area contributed by atoms with Gasteiger partial charge in [-0.3, -0.25) is 9.59 Å². The number of carboxylic acids is 1. The fourth-order valence-corrected chi connectivity index (χ4v) is 3.76. The van der Waals surface area contributed by atoms with Crippen LogP contribution in [0.3, 0.4) is 0 Å². The molecule has 0 saturated carbocycles. The first-order chi connectivity index (χ1) is 18.9. The lowest BCUT2D eigenvalue weighted by Crippen LogP contribution is -1.98. The summed E-state index contributed by atoms with van der Waals surface area (Å²) >= 11 is 0. The van der Waals surface area contributed by atoms with E-state index in [-0.39, 0.29) is 12.4 Å². The Hall–Kier alpha value is -2.62. The monoisotopic (exact) mass is 556 g/mol. The van der Waals surface area contributed by atoms with Crippen molar-refractivity contribution in [1.82, 2.24) is 0 Å². The first-order valence-electron chi connectivity index (χ1n) is 15.1. The van der Waals surface area contributed by atoms with Gasteiger partial charge in [-0.1, -0.05) is 76.8 Å². The van der Waals surface area contributed by atoms with Gasteiger partial charge in [0.05, 0.1) is 7.11 Å². The van der Waals surface area contributed by atoms with Gasteiger partial charge in [0.1, 0.15) is 0 Å². The van der Waals surface area contributed by atoms with Crippen LogP contribution in [0.1, 0.15) is 139 Å². The predicted octanol–water partition coefficient (Wildman–Crippen LogP) is 11.0. The maximum atomic E-state index is 11.0. The molecular weight excluding hydrogens is 496 g/mol. The van der Waals surface area contributed by atoms with Crippen molar-refractivity contribution in [2.45, 2.75) is 139 Å². The highest BCUT2D eigenvalue weighted by atomic mass is 16.5. The molecule has 1 N–H and O–H groups in total. The predicted molar refractivity (Wildman–Crippen MR) is 174 cm³/mol. The molecule has 0 aromatic rings. The first-order valence-corrected chi connectivity index (χ1v) is 15.1. The van der Waals surface area contributed by atoms with Gasteiger partial charge in [0.2, 0.25) is 0 Å². The van der Waals surface area contributed by atoms with Gasteiger partial charge in [-0.25, -0.2) is 0 Å². The number of aliphatic carboxylic acids is 1. The molecule has 0 unspecified atom stereocenters. The van der Waals surface area contributed by atoms with Crippen LogP contribution in [-0.2, 0) is 14.3 Å². The Morgan fingerprint density at radius 1 is 0.525 bits per heavy atom. The second-order valence-electron chi connectivity index (χ2n) is 11.1. The van der Waals surface area contributed by atoms with Crippen LogP contribution in [0, 0.1) is 0 Å². The van der Waals surface area contributed by atoms with Crippen LogP contribution in [-0.4, -0.2) is 24.2 Å². The van der Waals surface area contributed by atoms with Crippen LogP contribution in [0.25, 0.3) is 0 Å². The Bertz CT molecular complexity index is 890. The second-order valence-corrected chi connectivity index (χ2v) is 11.1. The smallest absolute Gasteiger partial charge is 0.305 e. The number of rotatable bonds is 19. The van der Waals surface area contributed by atoms with Gasteiger partial charge in [-0.05, 0) is 119 Å². The first kappa shape index (κ1) is 39.5. The van der Waals surface area contributed by atoms with Crippen LogP contribution in [0.15, 0.2) is 69.9 Å². The molecule has 0 aliphatic rings. The van der Waals surface area contributed by atoms with E-state index in [4.69, 9.17) is 5.11 Å². The highest BCUT2D eigenvalue weighted by molar-refractivity contribution is 5.69. The minimum absolute atomic E-state index is 0.135. The van der Waals surface area contributed by atoms with Crippen molar-refractivity contribution in [2.75, 3.05) is 7.11 Å². The molecular formula is C36H60O4. The molecule has 4 nitrogen and oxygen atoms in total. The van der Waals surface area contributed by atoms with Gasteiger partial charge in [0.15, 0.2) is 0 Å². The summed E-state index contributed by atoms with van der Waals surface area (Å²) in [5, 5.41) is 8.57. The molecule has 0 bridgehead atoms. The van der Waals surface area contributed by atoms with Gasteiger partial charge < -0.3 is 9.84 Å². The van der Waals surface area contributed by atoms with E-state index in [0.29, 0.717) is 12.8 Å². The number of hydrogen-bond acceptors (Lipinski definition) is 3. The van der Waals surface area contributed by atoms with Crippen LogP contribution < -0.4 is 0 Å². The summed E-state index contributed by atoms with van der Waals surface area (Å²) < 4.78 is 4.62. The average Bonchev–Trinajstić information content (AvgIpc) is 2.88. The highest BCUT2D eigenvalue weighted by Gasteiger charge is 1.98. The number of carbonyl (C=O) groups is 2. The van der Waals surface area contributed by atoms with Crippen molar-refractivity contribution < 1.29 is 19.4 Å². The SMILES string of the molecule is CCC(C)=CCCC(C)=CCCC(C)=CCCC(=O)O.COC(=O)CCC=C(C)CCC=C(C)CCC=C(C)C. The Balaban J connectivity index is 0. The third-order valence-corrected chi connectivity index (χ3v) is 6.66. The quantitative estimate of drug-likeness (QED) is 0.127.